The molecule has 1 N–H and O–H groups in total. The van der Waals surface area contributed by atoms with Gasteiger partial charge in [-0.05, 0) is 53.9 Å². The van der Waals surface area contributed by atoms with E-state index < -0.39 is 48.1 Å². The Labute approximate surface area is 234 Å². The van der Waals surface area contributed by atoms with Gasteiger partial charge in [0.05, 0.1) is 29.8 Å². The number of carbonyl (C=O) groups excluding carboxylic acids is 1. The number of pyridine rings is 1. The third kappa shape index (κ3) is 5.91. The number of hydrogen-bond acceptors (Lipinski definition) is 5. The number of aliphatic hydroxyl groups is 1. The molecule has 0 saturated carbocycles. The van der Waals surface area contributed by atoms with Gasteiger partial charge >= 0.3 is 12.4 Å². The summed E-state index contributed by atoms with van der Waals surface area (Å²) < 4.78 is 81.7. The minimum atomic E-state index is -5.03. The average Bonchev–Trinajstić information content (AvgIpc) is 3.51. The van der Waals surface area contributed by atoms with E-state index in [4.69, 9.17) is 11.6 Å². The highest BCUT2D eigenvalue weighted by molar-refractivity contribution is 6.31. The zero-order chi connectivity index (χ0) is 29.5. The van der Waals surface area contributed by atoms with E-state index in [2.05, 4.69) is 15.3 Å². The minimum Gasteiger partial charge on any atom is -0.391 e. The fourth-order valence-electron chi connectivity index (χ4n) is 4.85. The lowest BCUT2D eigenvalue weighted by Crippen LogP contribution is -2.32. The van der Waals surface area contributed by atoms with Gasteiger partial charge in [-0.1, -0.05) is 35.0 Å². The molecule has 0 aliphatic carbocycles. The lowest BCUT2D eigenvalue weighted by Gasteiger charge is -2.25. The van der Waals surface area contributed by atoms with Crippen LogP contribution in [-0.2, 0) is 18.9 Å². The number of rotatable bonds is 5. The normalized spacial score (nSPS) is 17.7. The Morgan fingerprint density at radius 3 is 2.29 bits per heavy atom. The highest BCUT2D eigenvalue weighted by Crippen LogP contribution is 2.39. The first kappa shape index (κ1) is 28.6. The summed E-state index contributed by atoms with van der Waals surface area (Å²) in [6.45, 7) is -0.620. The van der Waals surface area contributed by atoms with Crippen LogP contribution < -0.4 is 0 Å². The summed E-state index contributed by atoms with van der Waals surface area (Å²) in [6.07, 6.45) is -7.93. The van der Waals surface area contributed by atoms with Crippen LogP contribution in [0.3, 0.4) is 0 Å². The van der Waals surface area contributed by atoms with Crippen LogP contribution in [0.5, 0.6) is 0 Å². The predicted octanol–water partition coefficient (Wildman–Crippen LogP) is 6.03. The molecule has 1 fully saturated rings. The number of alkyl halides is 6. The monoisotopic (exact) mass is 595 g/mol. The third-order valence-corrected chi connectivity index (χ3v) is 7.00. The van der Waals surface area contributed by atoms with Crippen LogP contribution in [0.15, 0.2) is 67.0 Å². The van der Waals surface area contributed by atoms with Gasteiger partial charge in [0.1, 0.15) is 5.69 Å². The molecule has 2 aromatic heterocycles. The molecule has 3 heterocycles. The van der Waals surface area contributed by atoms with Gasteiger partial charge in [0.15, 0.2) is 5.69 Å². The second-order valence-corrected chi connectivity index (χ2v) is 9.89. The maximum atomic E-state index is 13.9. The first-order valence-corrected chi connectivity index (χ1v) is 12.6. The molecule has 7 nitrogen and oxygen atoms in total. The first-order valence-electron chi connectivity index (χ1n) is 12.2. The molecule has 0 unspecified atom stereocenters. The van der Waals surface area contributed by atoms with Crippen LogP contribution in [-0.4, -0.2) is 48.5 Å². The zero-order valence-corrected chi connectivity index (χ0v) is 21.6. The highest BCUT2D eigenvalue weighted by Gasteiger charge is 2.40. The number of aromatic nitrogens is 4. The molecule has 2 aromatic carbocycles. The van der Waals surface area contributed by atoms with E-state index in [9.17, 15) is 36.2 Å². The lowest BCUT2D eigenvalue weighted by molar-refractivity contribution is -0.143. The van der Waals surface area contributed by atoms with Crippen molar-refractivity contribution in [2.24, 2.45) is 0 Å². The molecular weight excluding hydrogens is 576 g/mol. The van der Waals surface area contributed by atoms with Crippen LogP contribution in [0, 0.1) is 0 Å². The number of nitrogens with zero attached hydrogens (tertiary/aromatic N) is 5. The Hall–Kier alpha value is -3.97. The quantitative estimate of drug-likeness (QED) is 0.285. The standard InChI is InChI=1S/C27H20ClF6N5O2/c28-21-6-2-1-5-20(21)22-11-19(40)14-38(22)25(41)23-24(16-4-3-7-35-12-16)39(37-36-23)13-15-8-17(26(29,30)31)10-18(9-15)27(32,33)34/h1-10,12,19,22,40H,11,13-14H2/t19-,22-/m0/s1. The molecule has 214 valence electrons. The van der Waals surface area contributed by atoms with Gasteiger partial charge in [-0.25, -0.2) is 4.68 Å². The predicted molar refractivity (Wildman–Crippen MR) is 135 cm³/mol. The summed E-state index contributed by atoms with van der Waals surface area (Å²) in [5.74, 6) is -0.656. The fourth-order valence-corrected chi connectivity index (χ4v) is 5.12. The summed E-state index contributed by atoms with van der Waals surface area (Å²) in [7, 11) is 0. The molecule has 1 amide bonds. The Balaban J connectivity index is 1.58. The van der Waals surface area contributed by atoms with Crippen molar-refractivity contribution in [3.8, 4) is 11.3 Å². The summed E-state index contributed by atoms with van der Waals surface area (Å²) in [5.41, 5.74) is -2.59. The second-order valence-electron chi connectivity index (χ2n) is 9.48. The number of aliphatic hydroxyl groups excluding tert-OH is 1. The van der Waals surface area contributed by atoms with Gasteiger partial charge in [-0.3, -0.25) is 9.78 Å². The van der Waals surface area contributed by atoms with Crippen molar-refractivity contribution in [3.05, 3.63) is 100.0 Å². The summed E-state index contributed by atoms with van der Waals surface area (Å²) in [6, 6.07) is 10.5. The van der Waals surface area contributed by atoms with E-state index in [1.807, 2.05) is 0 Å². The molecule has 2 atom stereocenters. The molecule has 41 heavy (non-hydrogen) atoms. The second kappa shape index (κ2) is 10.8. The number of halogens is 7. The van der Waals surface area contributed by atoms with Crippen molar-refractivity contribution in [2.75, 3.05) is 6.54 Å². The van der Waals surface area contributed by atoms with E-state index >= 15 is 0 Å². The molecule has 0 radical (unpaired) electrons. The van der Waals surface area contributed by atoms with E-state index in [0.29, 0.717) is 28.3 Å². The van der Waals surface area contributed by atoms with Gasteiger partial charge in [0, 0.05) is 29.5 Å². The van der Waals surface area contributed by atoms with Crippen molar-refractivity contribution >= 4 is 17.5 Å². The van der Waals surface area contributed by atoms with Gasteiger partial charge in [-0.15, -0.1) is 5.10 Å². The number of amides is 1. The van der Waals surface area contributed by atoms with Crippen molar-refractivity contribution < 1.29 is 36.2 Å². The molecule has 5 rings (SSSR count). The Morgan fingerprint density at radius 1 is 1.00 bits per heavy atom. The summed E-state index contributed by atoms with van der Waals surface area (Å²) in [4.78, 5) is 19.2. The molecule has 0 spiro atoms. The van der Waals surface area contributed by atoms with Gasteiger partial charge < -0.3 is 10.0 Å². The molecule has 4 aromatic rings. The number of β-amino-alcohol motifs (C(OH)–C–C–N with tert-alkyl or cyclic N) is 1. The van der Waals surface area contributed by atoms with Crippen molar-refractivity contribution in [1.29, 1.82) is 0 Å². The Morgan fingerprint density at radius 2 is 1.68 bits per heavy atom. The number of carbonyl (C=O) groups is 1. The van der Waals surface area contributed by atoms with E-state index in [1.54, 1.807) is 36.4 Å². The SMILES string of the molecule is O=C(c1nnn(Cc2cc(C(F)(F)F)cc(C(F)(F)F)c2)c1-c1cccnc1)N1C[C@@H](O)C[C@H]1c1ccccc1Cl. The zero-order valence-electron chi connectivity index (χ0n) is 20.9. The molecule has 1 aliphatic rings. The molecular formula is C27H20ClF6N5O2. The third-order valence-electron chi connectivity index (χ3n) is 6.66. The fraction of sp³-hybridized carbons (Fsp3) is 0.259. The minimum absolute atomic E-state index is 0.0355. The maximum absolute atomic E-state index is 13.9. The number of likely N-dealkylation sites (tertiary alicyclic amines) is 1. The van der Waals surface area contributed by atoms with Crippen LogP contribution in [0.1, 0.15) is 45.2 Å². The Bertz CT molecular complexity index is 1540. The van der Waals surface area contributed by atoms with Crippen molar-refractivity contribution in [1.82, 2.24) is 24.9 Å². The van der Waals surface area contributed by atoms with Crippen LogP contribution in [0.2, 0.25) is 5.02 Å². The average molecular weight is 596 g/mol. The van der Waals surface area contributed by atoms with E-state index in [0.717, 1.165) is 4.68 Å². The van der Waals surface area contributed by atoms with Crippen molar-refractivity contribution in [3.63, 3.8) is 0 Å². The van der Waals surface area contributed by atoms with E-state index in [1.165, 1.54) is 17.3 Å². The van der Waals surface area contributed by atoms with Crippen molar-refractivity contribution in [2.45, 2.75) is 37.5 Å². The maximum Gasteiger partial charge on any atom is 0.416 e. The van der Waals surface area contributed by atoms with Crippen LogP contribution in [0.4, 0.5) is 26.3 Å². The molecule has 1 aliphatic heterocycles. The number of hydrogen-bond donors (Lipinski definition) is 1. The van der Waals surface area contributed by atoms with Gasteiger partial charge in [0.2, 0.25) is 0 Å². The van der Waals surface area contributed by atoms with Gasteiger partial charge in [-0.2, -0.15) is 26.3 Å². The Kier molecular flexibility index (Phi) is 7.51. The van der Waals surface area contributed by atoms with Crippen LogP contribution in [0.25, 0.3) is 11.3 Å². The smallest absolute Gasteiger partial charge is 0.391 e. The lowest BCUT2D eigenvalue weighted by atomic mass is 10.0. The van der Waals surface area contributed by atoms with Gasteiger partial charge in [0.25, 0.3) is 5.91 Å². The largest absolute Gasteiger partial charge is 0.416 e. The number of benzene rings is 2. The molecule has 1 saturated heterocycles. The topological polar surface area (TPSA) is 84.1 Å². The molecule has 0 bridgehead atoms. The highest BCUT2D eigenvalue weighted by atomic mass is 35.5. The molecule has 14 heteroatoms. The summed E-state index contributed by atoms with van der Waals surface area (Å²) in [5, 5.41) is 18.7. The van der Waals surface area contributed by atoms with Crippen LogP contribution >= 0.6 is 11.6 Å². The first-order chi connectivity index (χ1) is 19.3. The van der Waals surface area contributed by atoms with E-state index in [-0.39, 0.29) is 36.0 Å². The summed E-state index contributed by atoms with van der Waals surface area (Å²) >= 11 is 6.36.